The Labute approximate surface area is 481 Å². The summed E-state index contributed by atoms with van der Waals surface area (Å²) in [5, 5.41) is 21.2. The molecule has 456 valence electrons. The molecule has 2 amide bonds. The Bertz CT molecular complexity index is 2100. The Morgan fingerprint density at radius 1 is 0.444 bits per heavy atom. The predicted molar refractivity (Wildman–Crippen MR) is 309 cm³/mol. The molecular formula is C56H90N2O20Si3. The zero-order valence-corrected chi connectivity index (χ0v) is 52.1. The van der Waals surface area contributed by atoms with Crippen LogP contribution in [-0.4, -0.2) is 151 Å². The highest BCUT2D eigenvalue weighted by Gasteiger charge is 2.39. The molecule has 25 heteroatoms. The first-order valence-electron chi connectivity index (χ1n) is 27.6. The van der Waals surface area contributed by atoms with Crippen LogP contribution in [0.5, 0.6) is 0 Å². The molecule has 0 spiro atoms. The number of hydroxylamine groups is 2. The molecule has 0 atom stereocenters. The van der Waals surface area contributed by atoms with E-state index in [1.165, 1.54) is 26.0 Å². The molecule has 2 aromatic rings. The molecule has 22 nitrogen and oxygen atoms in total. The SMILES string of the molecule is C=C(C)C(=O)OCCOC(=O)N(O)c1cccc(COCCCCCC(=O)OCCOCCC[Si](C)(C)O[Si](C)(C)O[Si](C)(C)CCCOCCOC(=O)CCCCCOCc2cccc(N(O)C(=O)OCCOC(=O)C(=C)C)c2)c1. The van der Waals surface area contributed by atoms with Crippen LogP contribution in [0.15, 0.2) is 72.8 Å². The lowest BCUT2D eigenvalue weighted by molar-refractivity contribution is -0.146. The van der Waals surface area contributed by atoms with E-state index in [-0.39, 0.29) is 87.3 Å². The molecular weight excluding hydrogens is 1100 g/mol. The number of carbonyl (C=O) groups excluding carboxylic acids is 6. The van der Waals surface area contributed by atoms with Crippen LogP contribution in [0.3, 0.4) is 0 Å². The van der Waals surface area contributed by atoms with Gasteiger partial charge in [-0.3, -0.25) is 20.0 Å². The average Bonchev–Trinajstić information content (AvgIpc) is 3.43. The van der Waals surface area contributed by atoms with Gasteiger partial charge >= 0.3 is 44.6 Å². The van der Waals surface area contributed by atoms with E-state index in [1.54, 1.807) is 36.4 Å². The summed E-state index contributed by atoms with van der Waals surface area (Å²) in [7, 11) is -6.52. The fourth-order valence-electron chi connectivity index (χ4n) is 7.77. The minimum Gasteiger partial charge on any atom is -0.463 e. The molecule has 0 saturated heterocycles. The number of hydrogen-bond donors (Lipinski definition) is 2. The maximum absolute atomic E-state index is 12.2. The Hall–Kier alpha value is -5.33. The van der Waals surface area contributed by atoms with Gasteiger partial charge in [0.05, 0.1) is 37.8 Å². The van der Waals surface area contributed by atoms with Gasteiger partial charge in [-0.05, 0) is 139 Å². The quantitative estimate of drug-likeness (QED) is 0.0119. The number of benzene rings is 2. The number of hydrogen-bond acceptors (Lipinski definition) is 20. The lowest BCUT2D eigenvalue weighted by atomic mass is 10.2. The second-order valence-electron chi connectivity index (χ2n) is 20.7. The highest BCUT2D eigenvalue weighted by Crippen LogP contribution is 2.26. The van der Waals surface area contributed by atoms with Gasteiger partial charge in [0, 0.05) is 50.4 Å². The second-order valence-corrected chi connectivity index (χ2v) is 33.2. The van der Waals surface area contributed by atoms with Crippen molar-refractivity contribution in [1.82, 2.24) is 0 Å². The van der Waals surface area contributed by atoms with Gasteiger partial charge in [-0.2, -0.15) is 10.1 Å². The van der Waals surface area contributed by atoms with Crippen LogP contribution < -0.4 is 10.1 Å². The number of ether oxygens (including phenoxy) is 10. The normalized spacial score (nSPS) is 11.6. The van der Waals surface area contributed by atoms with Crippen LogP contribution in [-0.2, 0) is 88.0 Å². The fraction of sp³-hybridized carbons (Fsp3) is 0.607. The largest absolute Gasteiger partial charge is 0.463 e. The van der Waals surface area contributed by atoms with Crippen molar-refractivity contribution in [2.45, 2.75) is 143 Å². The van der Waals surface area contributed by atoms with Gasteiger partial charge in [0.15, 0.2) is 16.6 Å². The van der Waals surface area contributed by atoms with E-state index in [1.807, 2.05) is 0 Å². The van der Waals surface area contributed by atoms with Crippen LogP contribution in [0.4, 0.5) is 21.0 Å². The van der Waals surface area contributed by atoms with Crippen molar-refractivity contribution in [3.8, 4) is 0 Å². The monoisotopic (exact) mass is 1190 g/mol. The van der Waals surface area contributed by atoms with E-state index >= 15 is 0 Å². The Morgan fingerprint density at radius 3 is 1.19 bits per heavy atom. The van der Waals surface area contributed by atoms with Gasteiger partial charge < -0.3 is 55.6 Å². The first-order chi connectivity index (χ1) is 38.4. The van der Waals surface area contributed by atoms with Gasteiger partial charge in [-0.1, -0.05) is 50.3 Å². The van der Waals surface area contributed by atoms with Crippen molar-refractivity contribution in [2.24, 2.45) is 0 Å². The van der Waals surface area contributed by atoms with Crippen molar-refractivity contribution in [3.05, 3.63) is 84.0 Å². The summed E-state index contributed by atoms with van der Waals surface area (Å²) in [6, 6.07) is 15.0. The van der Waals surface area contributed by atoms with E-state index in [2.05, 4.69) is 52.4 Å². The Balaban J connectivity index is 1.45. The van der Waals surface area contributed by atoms with Crippen LogP contribution in [0, 0.1) is 0 Å². The van der Waals surface area contributed by atoms with E-state index in [0.29, 0.717) is 75.5 Å². The minimum atomic E-state index is -2.42. The van der Waals surface area contributed by atoms with Crippen molar-refractivity contribution >= 4 is 72.6 Å². The first kappa shape index (κ1) is 71.8. The molecule has 2 N–H and O–H groups in total. The maximum atomic E-state index is 12.2. The lowest BCUT2D eigenvalue weighted by Gasteiger charge is -2.38. The molecule has 0 aromatic heterocycles. The lowest BCUT2D eigenvalue weighted by Crippen LogP contribution is -2.52. The molecule has 0 heterocycles. The van der Waals surface area contributed by atoms with Crippen LogP contribution >= 0.6 is 0 Å². The molecule has 0 bridgehead atoms. The standard InChI is InChI=1S/C56H90N2O20Si3/c1-45(2)53(61)73-35-37-75-55(63)57(65)49-23-17-21-47(41-49)43-69-27-15-11-13-25-51(59)71-33-31-67-29-19-39-79(5,6)77-81(9,10)78-80(7,8)40-20-30-68-32-34-72-52(60)26-14-12-16-28-70-44-48-22-18-24-50(42-48)58(66)56(64)76-38-36-74-54(62)46(3)4/h17-18,21-24,41-42,65-66H,1,3,11-16,19-20,25-40,43-44H2,2,4-10H3. The smallest absolute Gasteiger partial charge is 0.438 e. The molecule has 0 aliphatic carbocycles. The zero-order valence-electron chi connectivity index (χ0n) is 49.1. The van der Waals surface area contributed by atoms with E-state index < -0.39 is 49.3 Å². The summed E-state index contributed by atoms with van der Waals surface area (Å²) in [6.07, 6.45) is 4.60. The zero-order chi connectivity index (χ0) is 60.1. The summed E-state index contributed by atoms with van der Waals surface area (Å²) in [5.74, 6) is -1.74. The predicted octanol–water partition coefficient (Wildman–Crippen LogP) is 10.5. The molecule has 0 saturated carbocycles. The van der Waals surface area contributed by atoms with Gasteiger partial charge in [-0.15, -0.1) is 0 Å². The van der Waals surface area contributed by atoms with Gasteiger partial charge in [-0.25, -0.2) is 19.2 Å². The number of rotatable bonds is 44. The van der Waals surface area contributed by atoms with Crippen LogP contribution in [0.2, 0.25) is 51.4 Å². The van der Waals surface area contributed by atoms with E-state index in [0.717, 1.165) is 61.7 Å². The first-order valence-corrected chi connectivity index (χ1v) is 36.6. The highest BCUT2D eigenvalue weighted by atomic mass is 28.5. The van der Waals surface area contributed by atoms with Gasteiger partial charge in [0.1, 0.15) is 39.6 Å². The van der Waals surface area contributed by atoms with Gasteiger partial charge in [0.2, 0.25) is 0 Å². The third-order valence-electron chi connectivity index (χ3n) is 11.5. The minimum absolute atomic E-state index is 0.169. The topological polar surface area (TPSA) is 260 Å². The fourth-order valence-corrected chi connectivity index (χ4v) is 21.8. The van der Waals surface area contributed by atoms with E-state index in [9.17, 15) is 39.2 Å². The number of esters is 4. The van der Waals surface area contributed by atoms with Crippen molar-refractivity contribution in [1.29, 1.82) is 0 Å². The van der Waals surface area contributed by atoms with Crippen molar-refractivity contribution in [2.75, 3.05) is 89.4 Å². The molecule has 0 aliphatic heterocycles. The second kappa shape index (κ2) is 40.0. The van der Waals surface area contributed by atoms with E-state index in [4.69, 9.17) is 55.6 Å². The molecule has 2 aromatic carbocycles. The van der Waals surface area contributed by atoms with Gasteiger partial charge in [0.25, 0.3) is 0 Å². The number of unbranched alkanes of at least 4 members (excludes halogenated alkanes) is 4. The summed E-state index contributed by atoms with van der Waals surface area (Å²) >= 11 is 0. The summed E-state index contributed by atoms with van der Waals surface area (Å²) < 4.78 is 66.8. The van der Waals surface area contributed by atoms with Crippen molar-refractivity contribution in [3.63, 3.8) is 0 Å². The summed E-state index contributed by atoms with van der Waals surface area (Å²) in [5.41, 5.74) is 2.30. The molecule has 0 aliphatic rings. The number of carbonyl (C=O) groups is 6. The number of amides is 2. The Morgan fingerprint density at radius 2 is 0.802 bits per heavy atom. The molecule has 0 fully saturated rings. The number of nitrogens with zero attached hydrogens (tertiary/aromatic N) is 2. The summed E-state index contributed by atoms with van der Waals surface area (Å²) in [6.45, 7) is 25.8. The molecule has 0 radical (unpaired) electrons. The molecule has 2 rings (SSSR count). The molecule has 0 unspecified atom stereocenters. The summed E-state index contributed by atoms with van der Waals surface area (Å²) in [4.78, 5) is 71.7. The van der Waals surface area contributed by atoms with Crippen LogP contribution in [0.25, 0.3) is 0 Å². The van der Waals surface area contributed by atoms with Crippen LogP contribution in [0.1, 0.15) is 89.2 Å². The van der Waals surface area contributed by atoms with Crippen molar-refractivity contribution < 1.29 is 94.8 Å². The Kier molecular flexibility index (Phi) is 35.4. The third-order valence-corrected chi connectivity index (χ3v) is 22.9. The highest BCUT2D eigenvalue weighted by molar-refractivity contribution is 6.87. The maximum Gasteiger partial charge on any atom is 0.438 e. The average molecular weight is 1200 g/mol. The molecule has 81 heavy (non-hydrogen) atoms. The number of anilines is 2. The third kappa shape index (κ3) is 34.7.